The summed E-state index contributed by atoms with van der Waals surface area (Å²) in [4.78, 5) is 12.4. The second kappa shape index (κ2) is 16.0. The number of aryl methyl sites for hydroxylation is 1. The Labute approximate surface area is 271 Å². The second-order valence-electron chi connectivity index (χ2n) is 14.7. The van der Waals surface area contributed by atoms with Gasteiger partial charge in [-0.25, -0.2) is 0 Å². The second-order valence-corrected chi connectivity index (χ2v) is 14.7. The highest BCUT2D eigenvalue weighted by Crippen LogP contribution is 2.63. The number of fused-ring (bicyclic) bond motifs is 5. The summed E-state index contributed by atoms with van der Waals surface area (Å²) in [7, 11) is 0. The highest BCUT2D eigenvalue weighted by molar-refractivity contribution is 5.72. The molecule has 1 aromatic rings. The van der Waals surface area contributed by atoms with E-state index in [-0.39, 0.29) is 42.9 Å². The molecule has 0 aromatic heterocycles. The Balaban J connectivity index is 1.19. The van der Waals surface area contributed by atoms with Gasteiger partial charge in [0.2, 0.25) is 0 Å². The van der Waals surface area contributed by atoms with E-state index in [0.717, 1.165) is 77.0 Å². The summed E-state index contributed by atoms with van der Waals surface area (Å²) in [5.41, 5.74) is 2.69. The Hall–Kier alpha value is -1.90. The maximum atomic E-state index is 13.1. The third-order valence-electron chi connectivity index (χ3n) is 11.7. The van der Waals surface area contributed by atoms with Crippen LogP contribution in [0.1, 0.15) is 140 Å². The van der Waals surface area contributed by atoms with Gasteiger partial charge in [0.1, 0.15) is 5.75 Å². The minimum absolute atomic E-state index is 0.0101. The molecule has 0 aliphatic heterocycles. The van der Waals surface area contributed by atoms with E-state index in [4.69, 9.17) is 4.74 Å². The van der Waals surface area contributed by atoms with Crippen LogP contribution in [0, 0.1) is 29.1 Å². The Morgan fingerprint density at radius 3 is 2.28 bits per heavy atom. The van der Waals surface area contributed by atoms with Gasteiger partial charge in [0.15, 0.2) is 0 Å². The number of aromatic hydroxyl groups is 1. The summed E-state index contributed by atoms with van der Waals surface area (Å²) >= 11 is 0. The van der Waals surface area contributed by atoms with Gasteiger partial charge in [-0.2, -0.15) is 22.0 Å². The third-order valence-corrected chi connectivity index (χ3v) is 11.7. The molecule has 4 nitrogen and oxygen atoms in total. The summed E-state index contributed by atoms with van der Waals surface area (Å²) in [5.74, 6) is -2.82. The molecule has 4 rings (SSSR count). The number of alkyl halides is 5. The molecule has 0 spiro atoms. The van der Waals surface area contributed by atoms with E-state index in [2.05, 4.69) is 13.0 Å². The zero-order valence-corrected chi connectivity index (χ0v) is 27.7. The number of esters is 1. The van der Waals surface area contributed by atoms with Crippen molar-refractivity contribution in [1.29, 1.82) is 0 Å². The molecule has 6 unspecified atom stereocenters. The molecule has 46 heavy (non-hydrogen) atoms. The molecular weight excluding hydrogens is 603 g/mol. The van der Waals surface area contributed by atoms with E-state index in [9.17, 15) is 37.0 Å². The molecule has 0 heterocycles. The highest BCUT2D eigenvalue weighted by Gasteiger charge is 2.58. The standard InChI is InChI=1S/C37H55F5O4/c1-3-46-34(45)25(14-11-8-12-22-36(38,39)37(40,41)42)13-9-6-4-5-7-10-15-27-24-35(2)31(20-21-32(35)44)30-18-16-26-23-28(43)17-19-29(26)33(27)30/h17,19,23,25,27,30-33,43-44H,3-16,18,20-22,24H2,1-2H3/t25?,27?,30?,31?,32?,33?,35-/m0/s1. The topological polar surface area (TPSA) is 66.8 Å². The number of hydrogen-bond acceptors (Lipinski definition) is 4. The van der Waals surface area contributed by atoms with Crippen LogP contribution < -0.4 is 0 Å². The largest absolute Gasteiger partial charge is 0.508 e. The monoisotopic (exact) mass is 658 g/mol. The van der Waals surface area contributed by atoms with Crippen LogP contribution in [-0.4, -0.2) is 41.0 Å². The molecule has 0 bridgehead atoms. The SMILES string of the molecule is CCOC(=O)C(CCCCCCCCC1C[C@]2(C)C(O)CCC2C2CCc3cc(O)ccc3C12)CCCCCC(F)(F)C(F)(F)F. The molecule has 3 aliphatic carbocycles. The van der Waals surface area contributed by atoms with Crippen LogP contribution in [0.15, 0.2) is 18.2 Å². The van der Waals surface area contributed by atoms with Crippen molar-refractivity contribution >= 4 is 5.97 Å². The van der Waals surface area contributed by atoms with Crippen LogP contribution >= 0.6 is 0 Å². The fraction of sp³-hybridized carbons (Fsp3) is 0.811. The minimum atomic E-state index is -5.52. The van der Waals surface area contributed by atoms with Gasteiger partial charge in [-0.05, 0) is 117 Å². The fourth-order valence-corrected chi connectivity index (χ4v) is 9.33. The van der Waals surface area contributed by atoms with Crippen molar-refractivity contribution < 1.29 is 41.7 Å². The van der Waals surface area contributed by atoms with Crippen LogP contribution in [-0.2, 0) is 16.0 Å². The average Bonchev–Trinajstić information content (AvgIpc) is 3.29. The number of hydrogen-bond donors (Lipinski definition) is 2. The van der Waals surface area contributed by atoms with Crippen LogP contribution in [0.2, 0.25) is 0 Å². The summed E-state index contributed by atoms with van der Waals surface area (Å²) in [6.45, 7) is 4.30. The van der Waals surface area contributed by atoms with Crippen LogP contribution in [0.5, 0.6) is 5.75 Å². The highest BCUT2D eigenvalue weighted by atomic mass is 19.4. The quantitative estimate of drug-likeness (QED) is 0.0993. The number of aliphatic hydroxyl groups excluding tert-OH is 1. The maximum Gasteiger partial charge on any atom is 0.453 e. The fourth-order valence-electron chi connectivity index (χ4n) is 9.33. The third kappa shape index (κ3) is 8.76. The number of carbonyl (C=O) groups is 1. The lowest BCUT2D eigenvalue weighted by atomic mass is 9.51. The molecule has 9 heteroatoms. The van der Waals surface area contributed by atoms with Crippen molar-refractivity contribution in [3.8, 4) is 5.75 Å². The summed E-state index contributed by atoms with van der Waals surface area (Å²) in [6, 6.07) is 5.94. The molecule has 262 valence electrons. The van der Waals surface area contributed by atoms with E-state index in [0.29, 0.717) is 48.7 Å². The Bertz CT molecular complexity index is 1120. The number of rotatable bonds is 17. The van der Waals surface area contributed by atoms with Gasteiger partial charge in [0.25, 0.3) is 0 Å². The first-order valence-electron chi connectivity index (χ1n) is 17.9. The molecule has 0 saturated heterocycles. The first-order chi connectivity index (χ1) is 21.8. The number of phenols is 1. The number of benzene rings is 1. The predicted molar refractivity (Wildman–Crippen MR) is 169 cm³/mol. The summed E-state index contributed by atoms with van der Waals surface area (Å²) < 4.78 is 68.6. The number of unbranched alkanes of at least 4 members (excludes halogenated alkanes) is 7. The van der Waals surface area contributed by atoms with Gasteiger partial charge < -0.3 is 14.9 Å². The summed E-state index contributed by atoms with van der Waals surface area (Å²) in [5, 5.41) is 21.1. The van der Waals surface area contributed by atoms with Crippen molar-refractivity contribution in [2.45, 2.75) is 154 Å². The number of phenolic OH excluding ortho intramolecular Hbond substituents is 1. The zero-order valence-electron chi connectivity index (χ0n) is 27.7. The Kier molecular flexibility index (Phi) is 12.8. The molecule has 1 aromatic carbocycles. The van der Waals surface area contributed by atoms with Gasteiger partial charge in [-0.15, -0.1) is 0 Å². The normalized spacial score (nSPS) is 28.3. The molecule has 2 fully saturated rings. The molecule has 0 radical (unpaired) electrons. The molecule has 7 atom stereocenters. The molecule has 2 N–H and O–H groups in total. The number of halogens is 5. The lowest BCUT2D eigenvalue weighted by Gasteiger charge is -2.54. The van der Waals surface area contributed by atoms with Crippen LogP contribution in [0.3, 0.4) is 0 Å². The summed E-state index contributed by atoms with van der Waals surface area (Å²) in [6.07, 6.45) is 7.10. The molecule has 3 aliphatic rings. The lowest BCUT2D eigenvalue weighted by Crippen LogP contribution is -2.47. The first kappa shape index (κ1) is 36.9. The van der Waals surface area contributed by atoms with Crippen molar-refractivity contribution in [2.75, 3.05) is 6.61 Å². The minimum Gasteiger partial charge on any atom is -0.508 e. The van der Waals surface area contributed by atoms with Crippen molar-refractivity contribution in [3.63, 3.8) is 0 Å². The van der Waals surface area contributed by atoms with E-state index in [1.807, 2.05) is 12.1 Å². The molecular formula is C37H55F5O4. The van der Waals surface area contributed by atoms with Gasteiger partial charge in [0.05, 0.1) is 18.6 Å². The van der Waals surface area contributed by atoms with Crippen molar-refractivity contribution in [3.05, 3.63) is 29.3 Å². The molecule has 0 amide bonds. The number of aliphatic hydroxyl groups is 1. The lowest BCUT2D eigenvalue weighted by molar-refractivity contribution is -0.284. The Morgan fingerprint density at radius 2 is 1.61 bits per heavy atom. The number of ether oxygens (including phenoxy) is 1. The average molecular weight is 659 g/mol. The van der Waals surface area contributed by atoms with Gasteiger partial charge >= 0.3 is 18.1 Å². The van der Waals surface area contributed by atoms with Crippen LogP contribution in [0.25, 0.3) is 0 Å². The van der Waals surface area contributed by atoms with E-state index in [1.165, 1.54) is 11.1 Å². The predicted octanol–water partition coefficient (Wildman–Crippen LogP) is 10.3. The van der Waals surface area contributed by atoms with Gasteiger partial charge in [-0.1, -0.05) is 64.4 Å². The van der Waals surface area contributed by atoms with Crippen molar-refractivity contribution in [1.82, 2.24) is 0 Å². The zero-order chi connectivity index (χ0) is 33.5. The maximum absolute atomic E-state index is 13.1. The number of carbonyl (C=O) groups excluding carboxylic acids is 1. The van der Waals surface area contributed by atoms with Crippen molar-refractivity contribution in [2.24, 2.45) is 29.1 Å². The smallest absolute Gasteiger partial charge is 0.453 e. The van der Waals surface area contributed by atoms with Gasteiger partial charge in [0, 0.05) is 6.42 Å². The molecule has 2 saturated carbocycles. The van der Waals surface area contributed by atoms with E-state index >= 15 is 0 Å². The van der Waals surface area contributed by atoms with E-state index < -0.39 is 18.5 Å². The van der Waals surface area contributed by atoms with E-state index in [1.54, 1.807) is 6.92 Å². The van der Waals surface area contributed by atoms with Crippen LogP contribution in [0.4, 0.5) is 22.0 Å². The first-order valence-corrected chi connectivity index (χ1v) is 17.9. The Morgan fingerprint density at radius 1 is 0.957 bits per heavy atom. The van der Waals surface area contributed by atoms with Gasteiger partial charge in [-0.3, -0.25) is 4.79 Å².